The van der Waals surface area contributed by atoms with Crippen molar-refractivity contribution in [2.24, 2.45) is 0 Å². The van der Waals surface area contributed by atoms with Crippen LogP contribution in [0.15, 0.2) is 30.6 Å². The van der Waals surface area contributed by atoms with Gasteiger partial charge in [0.15, 0.2) is 0 Å². The SMILES string of the molecule is BrCc1ccccc1-n1cnc2c1CCCC2. The van der Waals surface area contributed by atoms with Crippen LogP contribution in [0.4, 0.5) is 0 Å². The number of rotatable bonds is 2. The number of imidazole rings is 1. The van der Waals surface area contributed by atoms with Crippen LogP contribution in [-0.4, -0.2) is 9.55 Å². The Balaban J connectivity index is 2.12. The number of alkyl halides is 1. The lowest BCUT2D eigenvalue weighted by molar-refractivity contribution is 0.655. The van der Waals surface area contributed by atoms with Gasteiger partial charge in [0.1, 0.15) is 0 Å². The smallest absolute Gasteiger partial charge is 0.0997 e. The third kappa shape index (κ3) is 1.93. The molecule has 88 valence electrons. The Kier molecular flexibility index (Phi) is 3.02. The van der Waals surface area contributed by atoms with Crippen LogP contribution in [0.25, 0.3) is 5.69 Å². The van der Waals surface area contributed by atoms with Crippen molar-refractivity contribution < 1.29 is 0 Å². The number of aromatic nitrogens is 2. The van der Waals surface area contributed by atoms with Gasteiger partial charge < -0.3 is 4.57 Å². The van der Waals surface area contributed by atoms with Gasteiger partial charge >= 0.3 is 0 Å². The molecule has 0 aliphatic heterocycles. The molecule has 0 spiro atoms. The number of benzene rings is 1. The summed E-state index contributed by atoms with van der Waals surface area (Å²) < 4.78 is 2.27. The van der Waals surface area contributed by atoms with Gasteiger partial charge in [-0.05, 0) is 37.3 Å². The Bertz CT molecular complexity index is 531. The van der Waals surface area contributed by atoms with Crippen LogP contribution >= 0.6 is 15.9 Å². The summed E-state index contributed by atoms with van der Waals surface area (Å²) in [7, 11) is 0. The molecule has 0 saturated heterocycles. The van der Waals surface area contributed by atoms with Gasteiger partial charge in [-0.15, -0.1) is 0 Å². The first-order chi connectivity index (χ1) is 8.40. The molecule has 1 aromatic carbocycles. The number of hydrogen-bond acceptors (Lipinski definition) is 1. The number of para-hydroxylation sites is 1. The van der Waals surface area contributed by atoms with Crippen LogP contribution < -0.4 is 0 Å². The van der Waals surface area contributed by atoms with E-state index in [1.54, 1.807) is 0 Å². The van der Waals surface area contributed by atoms with Crippen LogP contribution in [0.3, 0.4) is 0 Å². The molecule has 0 saturated carbocycles. The lowest BCUT2D eigenvalue weighted by Gasteiger charge is -2.15. The summed E-state index contributed by atoms with van der Waals surface area (Å²) in [6, 6.07) is 8.52. The van der Waals surface area contributed by atoms with Crippen LogP contribution in [-0.2, 0) is 18.2 Å². The van der Waals surface area contributed by atoms with Crippen molar-refractivity contribution in [3.63, 3.8) is 0 Å². The summed E-state index contributed by atoms with van der Waals surface area (Å²) >= 11 is 3.56. The molecule has 0 bridgehead atoms. The molecule has 0 unspecified atom stereocenters. The lowest BCUT2D eigenvalue weighted by atomic mass is 10.0. The predicted molar refractivity (Wildman–Crippen MR) is 72.8 cm³/mol. The molecule has 0 N–H and O–H groups in total. The Morgan fingerprint density at radius 1 is 1.18 bits per heavy atom. The molecule has 0 amide bonds. The highest BCUT2D eigenvalue weighted by atomic mass is 79.9. The van der Waals surface area contributed by atoms with E-state index in [0.717, 1.165) is 18.2 Å². The Morgan fingerprint density at radius 2 is 2.00 bits per heavy atom. The first kappa shape index (κ1) is 11.0. The molecule has 1 aromatic heterocycles. The first-order valence-electron chi connectivity index (χ1n) is 6.09. The molecule has 0 atom stereocenters. The quantitative estimate of drug-likeness (QED) is 0.772. The lowest BCUT2D eigenvalue weighted by Crippen LogP contribution is -2.08. The molecule has 1 heterocycles. The maximum Gasteiger partial charge on any atom is 0.0997 e. The van der Waals surface area contributed by atoms with E-state index in [1.165, 1.54) is 35.5 Å². The second kappa shape index (κ2) is 4.65. The first-order valence-corrected chi connectivity index (χ1v) is 7.21. The highest BCUT2D eigenvalue weighted by molar-refractivity contribution is 9.08. The maximum absolute atomic E-state index is 4.56. The van der Waals surface area contributed by atoms with E-state index in [0.29, 0.717) is 0 Å². The van der Waals surface area contributed by atoms with Crippen molar-refractivity contribution in [1.82, 2.24) is 9.55 Å². The summed E-state index contributed by atoms with van der Waals surface area (Å²) in [5.41, 5.74) is 5.28. The molecule has 1 aliphatic rings. The fourth-order valence-corrected chi connectivity index (χ4v) is 3.01. The summed E-state index contributed by atoms with van der Waals surface area (Å²) in [6.07, 6.45) is 6.85. The molecule has 0 fully saturated rings. The van der Waals surface area contributed by atoms with Crippen LogP contribution in [0, 0.1) is 0 Å². The minimum Gasteiger partial charge on any atom is -0.303 e. The minimum absolute atomic E-state index is 0.885. The molecule has 3 heteroatoms. The standard InChI is InChI=1S/C14H15BrN2/c15-9-11-5-1-3-7-13(11)17-10-16-12-6-2-4-8-14(12)17/h1,3,5,7,10H,2,4,6,8-9H2. The minimum atomic E-state index is 0.885. The zero-order chi connectivity index (χ0) is 11.7. The molecule has 3 rings (SSSR count). The van der Waals surface area contributed by atoms with Gasteiger partial charge in [-0.3, -0.25) is 0 Å². The second-order valence-corrected chi connectivity index (χ2v) is 5.04. The van der Waals surface area contributed by atoms with E-state index < -0.39 is 0 Å². The van der Waals surface area contributed by atoms with E-state index in [9.17, 15) is 0 Å². The summed E-state index contributed by atoms with van der Waals surface area (Å²) in [4.78, 5) is 4.56. The topological polar surface area (TPSA) is 17.8 Å². The summed E-state index contributed by atoms with van der Waals surface area (Å²) in [5.74, 6) is 0. The number of halogens is 1. The van der Waals surface area contributed by atoms with Gasteiger partial charge in [-0.25, -0.2) is 4.98 Å². The van der Waals surface area contributed by atoms with E-state index in [-0.39, 0.29) is 0 Å². The number of fused-ring (bicyclic) bond motifs is 1. The van der Waals surface area contributed by atoms with E-state index in [2.05, 4.69) is 49.7 Å². The molecule has 0 radical (unpaired) electrons. The highest BCUT2D eigenvalue weighted by Gasteiger charge is 2.16. The van der Waals surface area contributed by atoms with E-state index in [4.69, 9.17) is 0 Å². The number of hydrogen-bond donors (Lipinski definition) is 0. The monoisotopic (exact) mass is 290 g/mol. The highest BCUT2D eigenvalue weighted by Crippen LogP contribution is 2.25. The largest absolute Gasteiger partial charge is 0.303 e. The van der Waals surface area contributed by atoms with Crippen LogP contribution in [0.2, 0.25) is 0 Å². The molecular weight excluding hydrogens is 276 g/mol. The molecule has 2 nitrogen and oxygen atoms in total. The van der Waals surface area contributed by atoms with Gasteiger partial charge in [0.25, 0.3) is 0 Å². The van der Waals surface area contributed by atoms with E-state index >= 15 is 0 Å². The van der Waals surface area contributed by atoms with Gasteiger partial charge in [-0.1, -0.05) is 34.1 Å². The third-order valence-electron chi connectivity index (χ3n) is 3.43. The van der Waals surface area contributed by atoms with Crippen LogP contribution in [0.5, 0.6) is 0 Å². The van der Waals surface area contributed by atoms with Crippen molar-refractivity contribution in [3.05, 3.63) is 47.5 Å². The average molecular weight is 291 g/mol. The molecule has 2 aromatic rings. The predicted octanol–water partition coefficient (Wildman–Crippen LogP) is 3.65. The summed E-state index contributed by atoms with van der Waals surface area (Å²) in [6.45, 7) is 0. The van der Waals surface area contributed by atoms with Gasteiger partial charge in [0.05, 0.1) is 17.7 Å². The second-order valence-electron chi connectivity index (χ2n) is 4.48. The van der Waals surface area contributed by atoms with Crippen LogP contribution in [0.1, 0.15) is 29.8 Å². The van der Waals surface area contributed by atoms with Crippen molar-refractivity contribution in [3.8, 4) is 5.69 Å². The van der Waals surface area contributed by atoms with Gasteiger partial charge in [0.2, 0.25) is 0 Å². The third-order valence-corrected chi connectivity index (χ3v) is 4.03. The number of nitrogens with zero attached hydrogens (tertiary/aromatic N) is 2. The fraction of sp³-hybridized carbons (Fsp3) is 0.357. The van der Waals surface area contributed by atoms with E-state index in [1.807, 2.05) is 6.33 Å². The number of aryl methyl sites for hydroxylation is 1. The maximum atomic E-state index is 4.56. The molecular formula is C14H15BrN2. The zero-order valence-electron chi connectivity index (χ0n) is 9.69. The van der Waals surface area contributed by atoms with Crippen molar-refractivity contribution >= 4 is 15.9 Å². The van der Waals surface area contributed by atoms with Gasteiger partial charge in [0, 0.05) is 11.0 Å². The fourth-order valence-electron chi connectivity index (χ4n) is 2.54. The van der Waals surface area contributed by atoms with Gasteiger partial charge in [-0.2, -0.15) is 0 Å². The average Bonchev–Trinajstić information content (AvgIpc) is 2.82. The Morgan fingerprint density at radius 3 is 2.88 bits per heavy atom. The van der Waals surface area contributed by atoms with Crippen molar-refractivity contribution in [2.75, 3.05) is 0 Å². The molecule has 17 heavy (non-hydrogen) atoms. The van der Waals surface area contributed by atoms with Crippen molar-refractivity contribution in [2.45, 2.75) is 31.0 Å². The normalized spacial score (nSPS) is 14.6. The summed E-state index contributed by atoms with van der Waals surface area (Å²) in [5, 5.41) is 0.885. The zero-order valence-corrected chi connectivity index (χ0v) is 11.3. The Labute approximate surface area is 110 Å². The Hall–Kier alpha value is -1.09. The van der Waals surface area contributed by atoms with Crippen molar-refractivity contribution in [1.29, 1.82) is 0 Å². The molecule has 1 aliphatic carbocycles.